The van der Waals surface area contributed by atoms with Gasteiger partial charge < -0.3 is 9.80 Å². The molecule has 2 aliphatic carbocycles. The third-order valence-electron chi connectivity index (χ3n) is 8.55. The van der Waals surface area contributed by atoms with E-state index in [-0.39, 0.29) is 0 Å². The van der Waals surface area contributed by atoms with E-state index in [9.17, 15) is 28.0 Å². The average molecular weight is 577 g/mol. The van der Waals surface area contributed by atoms with Gasteiger partial charge in [-0.05, 0) is 59.1 Å². The Morgan fingerprint density at radius 1 is 0.595 bits per heavy atom. The van der Waals surface area contributed by atoms with Crippen molar-refractivity contribution in [1.29, 1.82) is 0 Å². The molecule has 0 spiro atoms. The number of allylic oxidation sites excluding steroid dienone is 2. The van der Waals surface area contributed by atoms with E-state index in [0.717, 1.165) is 68.9 Å². The van der Waals surface area contributed by atoms with Crippen molar-refractivity contribution in [2.45, 2.75) is 50.1 Å². The van der Waals surface area contributed by atoms with Crippen molar-refractivity contribution in [2.75, 3.05) is 28.2 Å². The number of aryl methyl sites for hydroxylation is 2. The second-order valence-corrected chi connectivity index (χ2v) is 11.0. The highest BCUT2D eigenvalue weighted by Crippen LogP contribution is 2.36. The van der Waals surface area contributed by atoms with Crippen LogP contribution < -0.4 is 0 Å². The van der Waals surface area contributed by atoms with E-state index < -0.39 is 48.3 Å². The van der Waals surface area contributed by atoms with E-state index in [1.807, 2.05) is 60.7 Å². The van der Waals surface area contributed by atoms with Gasteiger partial charge in [-0.25, -0.2) is 18.4 Å². The minimum atomic E-state index is -1.73. The summed E-state index contributed by atoms with van der Waals surface area (Å²) in [6.07, 6.45) is 3.82. The number of amides is 6. The molecule has 2 fully saturated rings. The van der Waals surface area contributed by atoms with Crippen LogP contribution >= 0.6 is 0 Å². The summed E-state index contributed by atoms with van der Waals surface area (Å²) < 4.78 is 29.1. The molecule has 6 rings (SSSR count). The zero-order chi connectivity index (χ0) is 30.3. The molecule has 0 bridgehead atoms. The molecule has 8 nitrogen and oxygen atoms in total. The third-order valence-corrected chi connectivity index (χ3v) is 8.55. The lowest BCUT2D eigenvalue weighted by Gasteiger charge is -2.40. The molecule has 2 aromatic rings. The number of imide groups is 2. The zero-order valence-corrected chi connectivity index (χ0v) is 24.1. The van der Waals surface area contributed by atoms with Crippen LogP contribution in [0.5, 0.6) is 0 Å². The molecule has 2 aliphatic heterocycles. The molecule has 2 saturated heterocycles. The summed E-state index contributed by atoms with van der Waals surface area (Å²) in [5.41, 5.74) is 5.62. The van der Waals surface area contributed by atoms with Crippen molar-refractivity contribution < 1.29 is 28.0 Å². The predicted molar refractivity (Wildman–Crippen MR) is 155 cm³/mol. The van der Waals surface area contributed by atoms with Gasteiger partial charge in [-0.15, -0.1) is 0 Å². The molecular formula is C32H34F2N4O4. The Bertz CT molecular complexity index is 1350. The minimum Gasteiger partial charge on any atom is -0.317 e. The number of carbonyl (C=O) groups is 4. The molecule has 2 heterocycles. The van der Waals surface area contributed by atoms with Crippen molar-refractivity contribution in [3.63, 3.8) is 0 Å². The van der Waals surface area contributed by atoms with Crippen LogP contribution in [0.3, 0.4) is 0 Å². The van der Waals surface area contributed by atoms with Gasteiger partial charge in [0, 0.05) is 28.2 Å². The van der Waals surface area contributed by atoms with Crippen LogP contribution in [-0.2, 0) is 22.4 Å². The van der Waals surface area contributed by atoms with Gasteiger partial charge in [0.25, 0.3) is 11.8 Å². The summed E-state index contributed by atoms with van der Waals surface area (Å²) in [6.45, 7) is 0. The van der Waals surface area contributed by atoms with Gasteiger partial charge in [0.2, 0.25) is 12.3 Å². The van der Waals surface area contributed by atoms with Crippen LogP contribution in [0.15, 0.2) is 60.7 Å². The lowest BCUT2D eigenvalue weighted by atomic mass is 9.84. The number of likely N-dealkylation sites (N-methyl/N-ethyl adjacent to an activating group) is 2. The quantitative estimate of drug-likeness (QED) is 0.528. The maximum atomic E-state index is 14.6. The topological polar surface area (TPSA) is 81.2 Å². The second-order valence-electron chi connectivity index (χ2n) is 11.0. The number of halogens is 2. The van der Waals surface area contributed by atoms with Crippen LogP contribution in [0.25, 0.3) is 11.1 Å². The number of hydrogen-bond donors (Lipinski definition) is 0. The molecule has 42 heavy (non-hydrogen) atoms. The number of urea groups is 2. The number of carbonyl (C=O) groups excluding carboxylic acids is 4. The third kappa shape index (κ3) is 4.88. The monoisotopic (exact) mass is 576 g/mol. The highest BCUT2D eigenvalue weighted by Gasteiger charge is 2.47. The van der Waals surface area contributed by atoms with Crippen LogP contribution in [0.2, 0.25) is 0 Å². The van der Waals surface area contributed by atoms with Crippen molar-refractivity contribution in [3.05, 3.63) is 82.9 Å². The van der Waals surface area contributed by atoms with E-state index >= 15 is 0 Å². The second kappa shape index (κ2) is 11.5. The van der Waals surface area contributed by atoms with Gasteiger partial charge in [0.15, 0.2) is 0 Å². The van der Waals surface area contributed by atoms with Gasteiger partial charge >= 0.3 is 12.1 Å². The van der Waals surface area contributed by atoms with Crippen molar-refractivity contribution in [1.82, 2.24) is 19.6 Å². The molecule has 0 aromatic heterocycles. The molecule has 10 heteroatoms. The van der Waals surface area contributed by atoms with Crippen molar-refractivity contribution >= 4 is 35.0 Å². The highest BCUT2D eigenvalue weighted by molar-refractivity contribution is 6.03. The first kappa shape index (κ1) is 29.2. The van der Waals surface area contributed by atoms with Crippen LogP contribution in [0.1, 0.15) is 35.1 Å². The molecule has 2 aromatic carbocycles. The maximum absolute atomic E-state index is 14.6. The number of alkyl halides is 2. The number of benzene rings is 2. The summed E-state index contributed by atoms with van der Waals surface area (Å²) >= 11 is 0. The normalized spacial score (nSPS) is 25.8. The summed E-state index contributed by atoms with van der Waals surface area (Å²) in [5, 5.41) is 0. The van der Waals surface area contributed by atoms with Crippen molar-refractivity contribution in [3.8, 4) is 0 Å². The summed E-state index contributed by atoms with van der Waals surface area (Å²) in [4.78, 5) is 52.3. The van der Waals surface area contributed by atoms with Crippen LogP contribution in [-0.4, -0.2) is 96.1 Å². The first-order chi connectivity index (χ1) is 20.0. The average Bonchev–Trinajstić information content (AvgIpc) is 3.01. The molecule has 0 saturated carbocycles. The van der Waals surface area contributed by atoms with E-state index in [1.165, 1.54) is 23.9 Å². The van der Waals surface area contributed by atoms with Gasteiger partial charge in [0.1, 0.15) is 0 Å². The zero-order valence-electron chi connectivity index (χ0n) is 24.1. The lowest BCUT2D eigenvalue weighted by molar-refractivity contribution is -0.137. The molecule has 220 valence electrons. The largest absolute Gasteiger partial charge is 0.326 e. The van der Waals surface area contributed by atoms with E-state index in [2.05, 4.69) is 0 Å². The Labute approximate surface area is 243 Å². The highest BCUT2D eigenvalue weighted by atomic mass is 19.1. The molecular weight excluding hydrogens is 542 g/mol. The summed E-state index contributed by atoms with van der Waals surface area (Å²) in [5.74, 6) is -1.54. The smallest absolute Gasteiger partial charge is 0.317 e. The van der Waals surface area contributed by atoms with E-state index in [4.69, 9.17) is 0 Å². The fraction of sp³-hybridized carbons (Fsp3) is 0.375. The number of fused-ring (bicyclic) bond motifs is 2. The standard InChI is InChI=1S/2C16H17FN2O2/c2*1-18-14(13(17)15(20)19(2)16(18)21)12-9-5-7-10-6-3-4-8-11(10)12/h2*3-4,6,8-9,13-14H,5,7H2,1-2H3/t2*13-,14+/m10/s1. The molecule has 0 radical (unpaired) electrons. The molecule has 6 amide bonds. The Balaban J connectivity index is 0.000000168. The van der Waals surface area contributed by atoms with Gasteiger partial charge in [0.05, 0.1) is 12.1 Å². The number of hydrogen-bond acceptors (Lipinski definition) is 4. The maximum Gasteiger partial charge on any atom is 0.326 e. The number of nitrogens with zero attached hydrogens (tertiary/aromatic N) is 4. The first-order valence-corrected chi connectivity index (χ1v) is 14.0. The minimum absolute atomic E-state index is 0.470. The van der Waals surface area contributed by atoms with Gasteiger partial charge in [-0.2, -0.15) is 0 Å². The van der Waals surface area contributed by atoms with Crippen LogP contribution in [0.4, 0.5) is 18.4 Å². The molecule has 4 atom stereocenters. The molecule has 4 aliphatic rings. The molecule has 0 unspecified atom stereocenters. The van der Waals surface area contributed by atoms with Gasteiger partial charge in [-0.1, -0.05) is 60.7 Å². The summed E-state index contributed by atoms with van der Waals surface area (Å²) in [7, 11) is 5.71. The predicted octanol–water partition coefficient (Wildman–Crippen LogP) is 4.49. The SMILES string of the molecule is CN1C(=O)[C@@H](F)[C@@H](C2=CCCc3ccccc32)N(C)C1=O.CN1C(=O)[C@H](F)[C@H](C2=CCCc3ccccc32)N(C)C1=O. The van der Waals surface area contributed by atoms with Gasteiger partial charge in [-0.3, -0.25) is 19.4 Å². The fourth-order valence-corrected chi connectivity index (χ4v) is 6.25. The Hall–Kier alpha value is -4.34. The first-order valence-electron chi connectivity index (χ1n) is 14.0. The Kier molecular flexibility index (Phi) is 7.99. The van der Waals surface area contributed by atoms with Crippen molar-refractivity contribution in [2.24, 2.45) is 0 Å². The Morgan fingerprint density at radius 2 is 0.952 bits per heavy atom. The van der Waals surface area contributed by atoms with E-state index in [0.29, 0.717) is 0 Å². The van der Waals surface area contributed by atoms with Crippen LogP contribution in [0, 0.1) is 0 Å². The lowest BCUT2D eigenvalue weighted by Crippen LogP contribution is -2.60. The molecule has 0 N–H and O–H groups in total. The summed E-state index contributed by atoms with van der Waals surface area (Å²) in [6, 6.07) is 12.9. The fourth-order valence-electron chi connectivity index (χ4n) is 6.25. The van der Waals surface area contributed by atoms with E-state index in [1.54, 1.807) is 14.1 Å². The number of rotatable bonds is 2. The Morgan fingerprint density at radius 3 is 1.33 bits per heavy atom.